The molecule has 1 aliphatic rings. The van der Waals surface area contributed by atoms with Gasteiger partial charge >= 0.3 is 0 Å². The van der Waals surface area contributed by atoms with Crippen molar-refractivity contribution >= 4 is 21.1 Å². The van der Waals surface area contributed by atoms with E-state index in [4.69, 9.17) is 0 Å². The molecule has 2 aromatic rings. The standard InChI is InChI=1S/C15H21N3O2S/c1-11-6-8-18(9-7-11)21(19,20)13-4-5-15-14(10-13)16-12(2)17(15)3/h4-5,10-11H,6-9H2,1-3H3. The molecule has 0 aliphatic carbocycles. The maximum atomic E-state index is 12.7. The van der Waals surface area contributed by atoms with E-state index in [1.165, 1.54) is 0 Å². The number of hydrogen-bond donors (Lipinski definition) is 0. The number of piperidine rings is 1. The third-order valence-electron chi connectivity index (χ3n) is 4.46. The first-order valence-corrected chi connectivity index (χ1v) is 8.77. The van der Waals surface area contributed by atoms with Crippen molar-refractivity contribution in [3.05, 3.63) is 24.0 Å². The number of sulfonamides is 1. The molecule has 0 bridgehead atoms. The third-order valence-corrected chi connectivity index (χ3v) is 6.35. The van der Waals surface area contributed by atoms with Crippen LogP contribution in [0.25, 0.3) is 11.0 Å². The van der Waals surface area contributed by atoms with E-state index >= 15 is 0 Å². The average Bonchev–Trinajstić information content (AvgIpc) is 2.74. The average molecular weight is 307 g/mol. The number of aryl methyl sites for hydroxylation is 2. The zero-order valence-corrected chi connectivity index (χ0v) is 13.5. The van der Waals surface area contributed by atoms with E-state index in [0.717, 1.165) is 29.7 Å². The van der Waals surface area contributed by atoms with Crippen LogP contribution in [-0.4, -0.2) is 35.4 Å². The van der Waals surface area contributed by atoms with Gasteiger partial charge in [0.05, 0.1) is 15.9 Å². The maximum absolute atomic E-state index is 12.7. The molecule has 0 amide bonds. The predicted octanol–water partition coefficient (Wildman–Crippen LogP) is 2.30. The molecule has 0 saturated carbocycles. The summed E-state index contributed by atoms with van der Waals surface area (Å²) in [4.78, 5) is 4.77. The molecule has 3 rings (SSSR count). The zero-order valence-electron chi connectivity index (χ0n) is 12.7. The molecule has 114 valence electrons. The lowest BCUT2D eigenvalue weighted by atomic mass is 10.0. The second-order valence-electron chi connectivity index (χ2n) is 5.96. The second kappa shape index (κ2) is 5.10. The highest BCUT2D eigenvalue weighted by atomic mass is 32.2. The minimum atomic E-state index is -3.40. The van der Waals surface area contributed by atoms with Gasteiger partial charge in [-0.2, -0.15) is 4.31 Å². The first kappa shape index (κ1) is 14.5. The lowest BCUT2D eigenvalue weighted by Gasteiger charge is -2.29. The van der Waals surface area contributed by atoms with Gasteiger partial charge in [0.1, 0.15) is 5.82 Å². The molecule has 1 saturated heterocycles. The summed E-state index contributed by atoms with van der Waals surface area (Å²) in [5.74, 6) is 1.49. The van der Waals surface area contributed by atoms with Gasteiger partial charge in [-0.25, -0.2) is 13.4 Å². The molecule has 0 spiro atoms. The highest BCUT2D eigenvalue weighted by molar-refractivity contribution is 7.89. The lowest BCUT2D eigenvalue weighted by Crippen LogP contribution is -2.37. The normalized spacial score (nSPS) is 18.4. The van der Waals surface area contributed by atoms with Gasteiger partial charge in [0, 0.05) is 20.1 Å². The van der Waals surface area contributed by atoms with Crippen LogP contribution in [0.2, 0.25) is 0 Å². The molecule has 1 aromatic heterocycles. The fraction of sp³-hybridized carbons (Fsp3) is 0.533. The molecule has 21 heavy (non-hydrogen) atoms. The summed E-state index contributed by atoms with van der Waals surface area (Å²) in [6.07, 6.45) is 1.87. The number of hydrogen-bond acceptors (Lipinski definition) is 3. The fourth-order valence-corrected chi connectivity index (χ4v) is 4.33. The predicted molar refractivity (Wildman–Crippen MR) is 82.6 cm³/mol. The van der Waals surface area contributed by atoms with Crippen molar-refractivity contribution in [1.82, 2.24) is 13.9 Å². The topological polar surface area (TPSA) is 55.2 Å². The molecule has 2 heterocycles. The summed E-state index contributed by atoms with van der Waals surface area (Å²) >= 11 is 0. The Bertz CT molecular complexity index is 772. The number of aromatic nitrogens is 2. The third kappa shape index (κ3) is 2.46. The zero-order chi connectivity index (χ0) is 15.2. The minimum Gasteiger partial charge on any atom is -0.331 e. The van der Waals surface area contributed by atoms with E-state index in [1.54, 1.807) is 16.4 Å². The van der Waals surface area contributed by atoms with E-state index in [0.29, 0.717) is 23.9 Å². The Labute approximate surface area is 125 Å². The van der Waals surface area contributed by atoms with Crippen molar-refractivity contribution < 1.29 is 8.42 Å². The molecular weight excluding hydrogens is 286 g/mol. The van der Waals surface area contributed by atoms with E-state index in [9.17, 15) is 8.42 Å². The van der Waals surface area contributed by atoms with E-state index < -0.39 is 10.0 Å². The van der Waals surface area contributed by atoms with E-state index in [2.05, 4.69) is 11.9 Å². The molecule has 0 atom stereocenters. The molecule has 0 N–H and O–H groups in total. The van der Waals surface area contributed by atoms with Crippen molar-refractivity contribution in [3.8, 4) is 0 Å². The number of rotatable bonds is 2. The summed E-state index contributed by atoms with van der Waals surface area (Å²) in [7, 11) is -1.46. The summed E-state index contributed by atoms with van der Waals surface area (Å²) in [6.45, 7) is 5.32. The van der Waals surface area contributed by atoms with E-state index in [-0.39, 0.29) is 0 Å². The second-order valence-corrected chi connectivity index (χ2v) is 7.89. The van der Waals surface area contributed by atoms with E-state index in [1.807, 2.05) is 24.6 Å². The molecule has 1 fully saturated rings. The Morgan fingerprint density at radius 2 is 1.90 bits per heavy atom. The van der Waals surface area contributed by atoms with Crippen molar-refractivity contribution in [1.29, 1.82) is 0 Å². The van der Waals surface area contributed by atoms with Gasteiger partial charge in [0.25, 0.3) is 0 Å². The molecule has 1 aromatic carbocycles. The van der Waals surface area contributed by atoms with Gasteiger partial charge in [0.15, 0.2) is 0 Å². The highest BCUT2D eigenvalue weighted by Crippen LogP contribution is 2.25. The van der Waals surface area contributed by atoms with Crippen LogP contribution < -0.4 is 0 Å². The molecular formula is C15H21N3O2S. The lowest BCUT2D eigenvalue weighted by molar-refractivity contribution is 0.288. The van der Waals surface area contributed by atoms with Crippen LogP contribution in [0.3, 0.4) is 0 Å². The van der Waals surface area contributed by atoms with Crippen LogP contribution >= 0.6 is 0 Å². The minimum absolute atomic E-state index is 0.350. The van der Waals surface area contributed by atoms with Gasteiger partial charge < -0.3 is 4.57 Å². The SMILES string of the molecule is Cc1nc2cc(S(=O)(=O)N3CCC(C)CC3)ccc2n1C. The highest BCUT2D eigenvalue weighted by Gasteiger charge is 2.28. The monoisotopic (exact) mass is 307 g/mol. The summed E-state index contributed by atoms with van der Waals surface area (Å²) in [5, 5.41) is 0. The smallest absolute Gasteiger partial charge is 0.243 e. The van der Waals surface area contributed by atoms with Crippen molar-refractivity contribution in [2.75, 3.05) is 13.1 Å². The fourth-order valence-electron chi connectivity index (χ4n) is 2.83. The summed E-state index contributed by atoms with van der Waals surface area (Å²) in [5.41, 5.74) is 1.69. The van der Waals surface area contributed by atoms with Crippen LogP contribution in [0.5, 0.6) is 0 Å². The Morgan fingerprint density at radius 3 is 2.57 bits per heavy atom. The van der Waals surface area contributed by atoms with Crippen LogP contribution in [0.15, 0.2) is 23.1 Å². The molecule has 6 heteroatoms. The molecule has 0 radical (unpaired) electrons. The number of imidazole rings is 1. The van der Waals surface area contributed by atoms with Crippen LogP contribution in [0, 0.1) is 12.8 Å². The van der Waals surface area contributed by atoms with Crippen LogP contribution in [0.1, 0.15) is 25.6 Å². The van der Waals surface area contributed by atoms with Gasteiger partial charge in [-0.05, 0) is 43.9 Å². The van der Waals surface area contributed by atoms with Crippen molar-refractivity contribution in [3.63, 3.8) is 0 Å². The molecule has 1 aliphatic heterocycles. The van der Waals surface area contributed by atoms with Gasteiger partial charge in [-0.3, -0.25) is 0 Å². The Balaban J connectivity index is 1.99. The molecule has 5 nitrogen and oxygen atoms in total. The maximum Gasteiger partial charge on any atom is 0.243 e. The Hall–Kier alpha value is -1.40. The van der Waals surface area contributed by atoms with Crippen molar-refractivity contribution in [2.24, 2.45) is 13.0 Å². The van der Waals surface area contributed by atoms with Gasteiger partial charge in [-0.1, -0.05) is 6.92 Å². The first-order valence-electron chi connectivity index (χ1n) is 7.33. The largest absolute Gasteiger partial charge is 0.331 e. The quantitative estimate of drug-likeness (QED) is 0.855. The number of benzene rings is 1. The van der Waals surface area contributed by atoms with Crippen LogP contribution in [0.4, 0.5) is 0 Å². The van der Waals surface area contributed by atoms with Crippen molar-refractivity contribution in [2.45, 2.75) is 31.6 Å². The first-order chi connectivity index (χ1) is 9.89. The van der Waals surface area contributed by atoms with Crippen LogP contribution in [-0.2, 0) is 17.1 Å². The Kier molecular flexibility index (Phi) is 3.53. The number of nitrogens with zero attached hydrogens (tertiary/aromatic N) is 3. The van der Waals surface area contributed by atoms with Gasteiger partial charge in [-0.15, -0.1) is 0 Å². The summed E-state index contributed by atoms with van der Waals surface area (Å²) < 4.78 is 29.0. The molecule has 0 unspecified atom stereocenters. The number of fused-ring (bicyclic) bond motifs is 1. The summed E-state index contributed by atoms with van der Waals surface area (Å²) in [6, 6.07) is 5.22. The Morgan fingerprint density at radius 1 is 1.24 bits per heavy atom. The van der Waals surface area contributed by atoms with Gasteiger partial charge in [0.2, 0.25) is 10.0 Å².